The van der Waals surface area contributed by atoms with Gasteiger partial charge < -0.3 is 24.9 Å². The van der Waals surface area contributed by atoms with Gasteiger partial charge in [-0.3, -0.25) is 4.99 Å². The van der Waals surface area contributed by atoms with Crippen molar-refractivity contribution < 1.29 is 0 Å². The van der Waals surface area contributed by atoms with Gasteiger partial charge in [-0.15, -0.1) is 11.3 Å². The number of rotatable bonds is 5. The molecule has 0 amide bonds. The molecule has 3 heterocycles. The van der Waals surface area contributed by atoms with Crippen LogP contribution in [0.25, 0.3) is 0 Å². The molecule has 26 heavy (non-hydrogen) atoms. The number of nitrogens with zero attached hydrogens (tertiary/aromatic N) is 5. The molecule has 0 spiro atoms. The zero-order valence-corrected chi connectivity index (χ0v) is 17.2. The van der Waals surface area contributed by atoms with Crippen LogP contribution in [0.2, 0.25) is 0 Å². The maximum absolute atomic E-state index is 4.50. The molecule has 6 nitrogen and oxygen atoms in total. The van der Waals surface area contributed by atoms with Crippen LogP contribution in [-0.4, -0.2) is 100 Å². The quantitative estimate of drug-likeness (QED) is 0.477. The van der Waals surface area contributed by atoms with E-state index in [0.29, 0.717) is 0 Å². The Morgan fingerprint density at radius 3 is 2.69 bits per heavy atom. The van der Waals surface area contributed by atoms with Crippen LogP contribution >= 0.6 is 11.3 Å². The van der Waals surface area contributed by atoms with Gasteiger partial charge in [-0.1, -0.05) is 0 Å². The Labute approximate surface area is 162 Å². The van der Waals surface area contributed by atoms with Crippen LogP contribution in [0.1, 0.15) is 12.8 Å². The van der Waals surface area contributed by atoms with E-state index in [0.717, 1.165) is 38.7 Å². The second kappa shape index (κ2) is 10.1. The molecule has 0 aromatic carbocycles. The number of aliphatic imine (C=N–C) groups is 1. The second-order valence-corrected chi connectivity index (χ2v) is 8.18. The highest BCUT2D eigenvalue weighted by atomic mass is 32.1. The summed E-state index contributed by atoms with van der Waals surface area (Å²) in [5, 5.41) is 7.12. The molecule has 0 radical (unpaired) electrons. The Morgan fingerprint density at radius 2 is 1.96 bits per heavy atom. The van der Waals surface area contributed by atoms with E-state index in [-0.39, 0.29) is 0 Å². The average molecular weight is 379 g/mol. The molecule has 0 atom stereocenters. The van der Waals surface area contributed by atoms with Crippen molar-refractivity contribution in [3.8, 4) is 0 Å². The third-order valence-electron chi connectivity index (χ3n) is 5.36. The molecule has 0 aliphatic carbocycles. The molecule has 146 valence electrons. The lowest BCUT2D eigenvalue weighted by molar-refractivity contribution is 0.273. The standard InChI is InChI=1S/C19H34N6S/c1-20-19(21-7-4-9-23-10-5-8-22(2)11-12-23)25-15-13-24(14-16-25)18-6-3-17-26-18/h3,6,17H,4-5,7-16H2,1-2H3,(H,20,21). The fraction of sp³-hybridized carbons (Fsp3) is 0.737. The van der Waals surface area contributed by atoms with E-state index in [1.807, 2.05) is 18.4 Å². The van der Waals surface area contributed by atoms with Crippen LogP contribution in [0, 0.1) is 0 Å². The van der Waals surface area contributed by atoms with Crippen molar-refractivity contribution in [2.75, 3.05) is 84.4 Å². The summed E-state index contributed by atoms with van der Waals surface area (Å²) >= 11 is 1.83. The Bertz CT molecular complexity index is 538. The van der Waals surface area contributed by atoms with E-state index in [1.165, 1.54) is 50.6 Å². The van der Waals surface area contributed by atoms with Crippen LogP contribution in [0.3, 0.4) is 0 Å². The number of thiophene rings is 1. The third-order valence-corrected chi connectivity index (χ3v) is 6.28. The first-order valence-electron chi connectivity index (χ1n) is 9.91. The number of guanidine groups is 1. The van der Waals surface area contributed by atoms with Crippen LogP contribution < -0.4 is 10.2 Å². The monoisotopic (exact) mass is 378 g/mol. The van der Waals surface area contributed by atoms with E-state index >= 15 is 0 Å². The van der Waals surface area contributed by atoms with Crippen LogP contribution in [0.4, 0.5) is 5.00 Å². The largest absolute Gasteiger partial charge is 0.360 e. The topological polar surface area (TPSA) is 37.4 Å². The van der Waals surface area contributed by atoms with Gasteiger partial charge in [0.25, 0.3) is 0 Å². The Hall–Kier alpha value is -1.31. The van der Waals surface area contributed by atoms with Crippen molar-refractivity contribution in [2.24, 2.45) is 4.99 Å². The lowest BCUT2D eigenvalue weighted by Crippen LogP contribution is -2.52. The molecule has 2 aliphatic heterocycles. The van der Waals surface area contributed by atoms with Crippen molar-refractivity contribution in [1.29, 1.82) is 0 Å². The number of nitrogens with one attached hydrogen (secondary N) is 1. The average Bonchev–Trinajstić information content (AvgIpc) is 3.13. The van der Waals surface area contributed by atoms with Gasteiger partial charge in [-0.05, 0) is 57.0 Å². The molecule has 7 heteroatoms. The first kappa shape index (κ1) is 19.5. The van der Waals surface area contributed by atoms with Crippen molar-refractivity contribution in [2.45, 2.75) is 12.8 Å². The van der Waals surface area contributed by atoms with Crippen molar-refractivity contribution in [3.05, 3.63) is 17.5 Å². The van der Waals surface area contributed by atoms with E-state index in [9.17, 15) is 0 Å². The van der Waals surface area contributed by atoms with Gasteiger partial charge in [-0.2, -0.15) is 0 Å². The molecule has 0 saturated carbocycles. The lowest BCUT2D eigenvalue weighted by Gasteiger charge is -2.37. The highest BCUT2D eigenvalue weighted by Crippen LogP contribution is 2.22. The van der Waals surface area contributed by atoms with Gasteiger partial charge in [0.05, 0.1) is 5.00 Å². The predicted octanol–water partition coefficient (Wildman–Crippen LogP) is 1.47. The molecule has 1 N–H and O–H groups in total. The van der Waals surface area contributed by atoms with Crippen LogP contribution in [0.5, 0.6) is 0 Å². The number of piperazine rings is 1. The number of likely N-dealkylation sites (N-methyl/N-ethyl adjacent to an activating group) is 1. The molecule has 1 aromatic heterocycles. The molecule has 2 aliphatic rings. The smallest absolute Gasteiger partial charge is 0.193 e. The number of hydrogen-bond donors (Lipinski definition) is 1. The van der Waals surface area contributed by atoms with Gasteiger partial charge in [0, 0.05) is 52.9 Å². The van der Waals surface area contributed by atoms with Crippen molar-refractivity contribution in [3.63, 3.8) is 0 Å². The minimum atomic E-state index is 1.00. The molecular weight excluding hydrogens is 344 g/mol. The summed E-state index contributed by atoms with van der Waals surface area (Å²) < 4.78 is 0. The normalized spacial score (nSPS) is 21.1. The SMILES string of the molecule is CN=C(NCCCN1CCCN(C)CC1)N1CCN(c2cccs2)CC1. The second-order valence-electron chi connectivity index (χ2n) is 7.25. The Morgan fingerprint density at radius 1 is 1.12 bits per heavy atom. The summed E-state index contributed by atoms with van der Waals surface area (Å²) in [6.07, 6.45) is 2.47. The minimum Gasteiger partial charge on any atom is -0.360 e. The van der Waals surface area contributed by atoms with Crippen molar-refractivity contribution >= 4 is 22.3 Å². The van der Waals surface area contributed by atoms with Gasteiger partial charge in [0.1, 0.15) is 0 Å². The van der Waals surface area contributed by atoms with Gasteiger partial charge >= 0.3 is 0 Å². The molecule has 3 rings (SSSR count). The highest BCUT2D eigenvalue weighted by Gasteiger charge is 2.20. The molecule has 2 saturated heterocycles. The summed E-state index contributed by atoms with van der Waals surface area (Å²) in [5.41, 5.74) is 0. The Balaban J connectivity index is 1.35. The summed E-state index contributed by atoms with van der Waals surface area (Å²) in [6.45, 7) is 11.3. The fourth-order valence-corrected chi connectivity index (χ4v) is 4.53. The first-order valence-corrected chi connectivity index (χ1v) is 10.8. The lowest BCUT2D eigenvalue weighted by atomic mass is 10.3. The summed E-state index contributed by atoms with van der Waals surface area (Å²) in [7, 11) is 4.13. The molecule has 1 aromatic rings. The maximum Gasteiger partial charge on any atom is 0.193 e. The zero-order chi connectivity index (χ0) is 18.2. The number of hydrogen-bond acceptors (Lipinski definition) is 5. The van der Waals surface area contributed by atoms with E-state index in [2.05, 4.69) is 54.5 Å². The van der Waals surface area contributed by atoms with Gasteiger partial charge in [0.15, 0.2) is 5.96 Å². The highest BCUT2D eigenvalue weighted by molar-refractivity contribution is 7.14. The summed E-state index contributed by atoms with van der Waals surface area (Å²) in [5.74, 6) is 1.06. The van der Waals surface area contributed by atoms with E-state index < -0.39 is 0 Å². The third kappa shape index (κ3) is 5.59. The van der Waals surface area contributed by atoms with E-state index in [4.69, 9.17) is 0 Å². The Kier molecular flexibility index (Phi) is 7.58. The van der Waals surface area contributed by atoms with Crippen LogP contribution in [-0.2, 0) is 0 Å². The van der Waals surface area contributed by atoms with Gasteiger partial charge in [-0.25, -0.2) is 0 Å². The van der Waals surface area contributed by atoms with Crippen LogP contribution in [0.15, 0.2) is 22.5 Å². The molecule has 0 bridgehead atoms. The summed E-state index contributed by atoms with van der Waals surface area (Å²) in [6, 6.07) is 4.35. The zero-order valence-electron chi connectivity index (χ0n) is 16.4. The maximum atomic E-state index is 4.50. The van der Waals surface area contributed by atoms with E-state index in [1.54, 1.807) is 0 Å². The van der Waals surface area contributed by atoms with Gasteiger partial charge in [0.2, 0.25) is 0 Å². The van der Waals surface area contributed by atoms with Crippen molar-refractivity contribution in [1.82, 2.24) is 20.0 Å². The molecule has 0 unspecified atom stereocenters. The summed E-state index contributed by atoms with van der Waals surface area (Å²) in [4.78, 5) is 14.4. The first-order chi connectivity index (χ1) is 12.8. The molecule has 2 fully saturated rings. The minimum absolute atomic E-state index is 1.00. The number of anilines is 1. The predicted molar refractivity (Wildman–Crippen MR) is 113 cm³/mol. The molecular formula is C19H34N6S. The fourth-order valence-electron chi connectivity index (χ4n) is 3.75.